The Labute approximate surface area is 223 Å². The van der Waals surface area contributed by atoms with E-state index in [-0.39, 0.29) is 17.9 Å². The largest absolute Gasteiger partial charge is 0.356 e. The van der Waals surface area contributed by atoms with Crippen molar-refractivity contribution in [2.24, 2.45) is 5.92 Å². The van der Waals surface area contributed by atoms with Crippen LogP contribution in [-0.4, -0.2) is 74.7 Å². The van der Waals surface area contributed by atoms with Crippen molar-refractivity contribution in [2.75, 3.05) is 44.2 Å². The summed E-state index contributed by atoms with van der Waals surface area (Å²) in [6.07, 6.45) is 7.07. The Morgan fingerprint density at radius 1 is 0.816 bits per heavy atom. The molecule has 2 aromatic heterocycles. The van der Waals surface area contributed by atoms with Crippen molar-refractivity contribution in [3.05, 3.63) is 103 Å². The van der Waals surface area contributed by atoms with Crippen LogP contribution >= 0.6 is 0 Å². The van der Waals surface area contributed by atoms with Crippen molar-refractivity contribution < 1.29 is 4.79 Å². The minimum Gasteiger partial charge on any atom is -0.356 e. The van der Waals surface area contributed by atoms with Gasteiger partial charge in [-0.25, -0.2) is 14.6 Å². The summed E-state index contributed by atoms with van der Waals surface area (Å²) >= 11 is 0. The number of benzene rings is 2. The summed E-state index contributed by atoms with van der Waals surface area (Å²) in [4.78, 5) is 29.3. The lowest BCUT2D eigenvalue weighted by atomic mass is 9.95. The summed E-state index contributed by atoms with van der Waals surface area (Å²) in [5.41, 5.74) is 2.58. The van der Waals surface area contributed by atoms with Crippen LogP contribution in [0.25, 0.3) is 5.82 Å². The number of piperidine rings is 1. The molecule has 0 radical (unpaired) electrons. The fourth-order valence-corrected chi connectivity index (χ4v) is 5.77. The Kier molecular flexibility index (Phi) is 7.13. The van der Waals surface area contributed by atoms with E-state index < -0.39 is 0 Å². The van der Waals surface area contributed by atoms with Crippen LogP contribution in [0.2, 0.25) is 0 Å². The minimum atomic E-state index is -0.0162. The third kappa shape index (κ3) is 5.17. The fourth-order valence-electron chi connectivity index (χ4n) is 5.77. The van der Waals surface area contributed by atoms with Crippen LogP contribution in [0.4, 0.5) is 5.82 Å². The lowest BCUT2D eigenvalue weighted by Crippen LogP contribution is -2.53. The van der Waals surface area contributed by atoms with Crippen molar-refractivity contribution in [2.45, 2.75) is 18.9 Å². The monoisotopic (exact) mass is 507 g/mol. The van der Waals surface area contributed by atoms with Gasteiger partial charge in [0.25, 0.3) is 0 Å². The summed E-state index contributed by atoms with van der Waals surface area (Å²) in [7, 11) is 0. The number of nitrogens with zero attached hydrogens (tertiary/aromatic N) is 7. The fraction of sp³-hybridized carbons (Fsp3) is 0.333. The summed E-state index contributed by atoms with van der Waals surface area (Å²) in [5, 5.41) is 4.28. The Morgan fingerprint density at radius 3 is 2.16 bits per heavy atom. The molecule has 6 rings (SSSR count). The maximum atomic E-state index is 13.6. The first-order chi connectivity index (χ1) is 18.8. The second-order valence-corrected chi connectivity index (χ2v) is 10.1. The molecule has 2 aromatic carbocycles. The van der Waals surface area contributed by atoms with Gasteiger partial charge in [-0.05, 0) is 30.0 Å². The van der Waals surface area contributed by atoms with E-state index in [2.05, 4.69) is 90.4 Å². The quantitative estimate of drug-likeness (QED) is 0.395. The van der Waals surface area contributed by atoms with Gasteiger partial charge in [0, 0.05) is 57.7 Å². The summed E-state index contributed by atoms with van der Waals surface area (Å²) in [6, 6.07) is 25.4. The van der Waals surface area contributed by atoms with Gasteiger partial charge < -0.3 is 9.80 Å². The number of rotatable bonds is 6. The molecule has 8 nitrogen and oxygen atoms in total. The highest BCUT2D eigenvalue weighted by molar-refractivity contribution is 5.80. The van der Waals surface area contributed by atoms with E-state index in [1.54, 1.807) is 17.2 Å². The first kappa shape index (κ1) is 24.3. The van der Waals surface area contributed by atoms with E-state index in [1.807, 2.05) is 18.3 Å². The van der Waals surface area contributed by atoms with E-state index in [4.69, 9.17) is 0 Å². The van der Waals surface area contributed by atoms with Crippen molar-refractivity contribution in [3.8, 4) is 5.82 Å². The van der Waals surface area contributed by atoms with Gasteiger partial charge in [-0.15, -0.1) is 0 Å². The molecule has 0 bridgehead atoms. The smallest absolute Gasteiger partial charge is 0.227 e. The topological polar surface area (TPSA) is 70.4 Å². The highest BCUT2D eigenvalue weighted by Crippen LogP contribution is 2.30. The number of carbonyl (C=O) groups is 1. The zero-order valence-corrected chi connectivity index (χ0v) is 21.5. The maximum Gasteiger partial charge on any atom is 0.227 e. The van der Waals surface area contributed by atoms with Gasteiger partial charge in [-0.3, -0.25) is 9.69 Å². The zero-order chi connectivity index (χ0) is 25.7. The molecule has 1 atom stereocenters. The molecular formula is C30H33N7O. The van der Waals surface area contributed by atoms with Crippen LogP contribution < -0.4 is 4.90 Å². The van der Waals surface area contributed by atoms with Crippen molar-refractivity contribution >= 4 is 11.7 Å². The average Bonchev–Trinajstić information content (AvgIpc) is 3.54. The molecule has 4 aromatic rings. The molecule has 2 aliphatic rings. The Morgan fingerprint density at radius 2 is 1.50 bits per heavy atom. The first-order valence-corrected chi connectivity index (χ1v) is 13.5. The Balaban J connectivity index is 1.11. The van der Waals surface area contributed by atoms with Crippen LogP contribution in [0.5, 0.6) is 0 Å². The predicted molar refractivity (Wildman–Crippen MR) is 147 cm³/mol. The third-order valence-electron chi connectivity index (χ3n) is 7.69. The molecule has 2 fully saturated rings. The normalized spacial score (nSPS) is 18.6. The molecule has 0 aliphatic carbocycles. The van der Waals surface area contributed by atoms with Crippen molar-refractivity contribution in [1.29, 1.82) is 0 Å². The summed E-state index contributed by atoms with van der Waals surface area (Å²) in [6.45, 7) is 4.80. The highest BCUT2D eigenvalue weighted by atomic mass is 16.2. The van der Waals surface area contributed by atoms with E-state index in [1.165, 1.54) is 11.1 Å². The Hall–Kier alpha value is -4.04. The van der Waals surface area contributed by atoms with E-state index in [0.717, 1.165) is 57.2 Å². The number of piperazine rings is 1. The van der Waals surface area contributed by atoms with E-state index in [9.17, 15) is 4.79 Å². The van der Waals surface area contributed by atoms with Crippen LogP contribution in [-0.2, 0) is 4.79 Å². The number of aromatic nitrogens is 4. The molecule has 194 valence electrons. The number of hydrogen-bond acceptors (Lipinski definition) is 6. The van der Waals surface area contributed by atoms with Crippen LogP contribution in [0.15, 0.2) is 91.5 Å². The molecular weight excluding hydrogens is 474 g/mol. The molecule has 0 N–H and O–H groups in total. The molecule has 2 aliphatic heterocycles. The third-order valence-corrected chi connectivity index (χ3v) is 7.69. The van der Waals surface area contributed by atoms with E-state index in [0.29, 0.717) is 6.54 Å². The molecule has 1 unspecified atom stereocenters. The molecule has 2 saturated heterocycles. The molecule has 4 heterocycles. The van der Waals surface area contributed by atoms with Crippen molar-refractivity contribution in [1.82, 2.24) is 29.5 Å². The summed E-state index contributed by atoms with van der Waals surface area (Å²) in [5.74, 6) is 1.83. The van der Waals surface area contributed by atoms with Gasteiger partial charge in [0.05, 0.1) is 12.0 Å². The second-order valence-electron chi connectivity index (χ2n) is 10.1. The molecule has 0 spiro atoms. The number of carbonyl (C=O) groups excluding carboxylic acids is 1. The number of anilines is 1. The van der Waals surface area contributed by atoms with Gasteiger partial charge in [-0.1, -0.05) is 60.7 Å². The number of amides is 1. The van der Waals surface area contributed by atoms with Gasteiger partial charge in [0.1, 0.15) is 12.1 Å². The lowest BCUT2D eigenvalue weighted by Gasteiger charge is -2.42. The van der Waals surface area contributed by atoms with Crippen LogP contribution in [0, 0.1) is 5.92 Å². The number of hydrogen-bond donors (Lipinski definition) is 0. The predicted octanol–water partition coefficient (Wildman–Crippen LogP) is 3.81. The van der Waals surface area contributed by atoms with Gasteiger partial charge in [0.2, 0.25) is 5.91 Å². The van der Waals surface area contributed by atoms with Crippen LogP contribution in [0.1, 0.15) is 30.0 Å². The summed E-state index contributed by atoms with van der Waals surface area (Å²) < 4.78 is 1.73. The first-order valence-electron chi connectivity index (χ1n) is 13.5. The SMILES string of the molecule is O=C(C1CCCN(c2cc(-n3cccn3)ncn2)C1)N1CCN(C(c2ccccc2)c2ccccc2)CC1. The van der Waals surface area contributed by atoms with Gasteiger partial charge >= 0.3 is 0 Å². The lowest BCUT2D eigenvalue weighted by molar-refractivity contribution is -0.137. The van der Waals surface area contributed by atoms with Crippen LogP contribution in [0.3, 0.4) is 0 Å². The minimum absolute atomic E-state index is 0.0162. The highest BCUT2D eigenvalue weighted by Gasteiger charge is 2.33. The zero-order valence-electron chi connectivity index (χ0n) is 21.5. The van der Waals surface area contributed by atoms with Gasteiger partial charge in [-0.2, -0.15) is 5.10 Å². The van der Waals surface area contributed by atoms with E-state index >= 15 is 0 Å². The molecule has 0 saturated carbocycles. The van der Waals surface area contributed by atoms with Crippen molar-refractivity contribution in [3.63, 3.8) is 0 Å². The standard InChI is InChI=1S/C30H33N7O/c38-30(26-13-7-15-36(22-26)27-21-28(32-23-31-27)37-16-8-14-33-37)35-19-17-34(18-20-35)29(24-9-3-1-4-10-24)25-11-5-2-6-12-25/h1-6,8-12,14,16,21,23,26,29H,7,13,15,17-20,22H2. The average molecular weight is 508 g/mol. The molecule has 38 heavy (non-hydrogen) atoms. The molecule has 8 heteroatoms. The Bertz CT molecular complexity index is 1280. The maximum absolute atomic E-state index is 13.6. The van der Waals surface area contributed by atoms with Gasteiger partial charge in [0.15, 0.2) is 5.82 Å². The molecule has 1 amide bonds. The second kappa shape index (κ2) is 11.1.